The number of carbonyl (C=O) groups is 1. The lowest BCUT2D eigenvalue weighted by Gasteiger charge is -2.08. The Balaban J connectivity index is 1.46. The van der Waals surface area contributed by atoms with Crippen molar-refractivity contribution < 1.29 is 4.79 Å². The average molecular weight is 366 g/mol. The van der Waals surface area contributed by atoms with Gasteiger partial charge in [-0.05, 0) is 48.7 Å². The second kappa shape index (κ2) is 9.02. The summed E-state index contributed by atoms with van der Waals surface area (Å²) in [6.45, 7) is 0.843. The fourth-order valence-corrected chi connectivity index (χ4v) is 2.75. The average Bonchev–Trinajstić information content (AvgIpc) is 2.67. The Kier molecular flexibility index (Phi) is 6.23. The van der Waals surface area contributed by atoms with Gasteiger partial charge >= 0.3 is 0 Å². The molecule has 1 aromatic heterocycles. The van der Waals surface area contributed by atoms with E-state index in [0.717, 1.165) is 25.2 Å². The number of hydrogen-bond donors (Lipinski definition) is 2. The number of anilines is 2. The van der Waals surface area contributed by atoms with E-state index in [1.165, 1.54) is 5.56 Å². The first-order valence-corrected chi connectivity index (χ1v) is 8.89. The van der Waals surface area contributed by atoms with Gasteiger partial charge in [0.05, 0.1) is 11.9 Å². The zero-order valence-corrected chi connectivity index (χ0v) is 15.0. The standard InChI is InChI=1S/C21H20ClN3O/c22-18-10-4-9-17(14-18)21(26)25-19-11-12-20(24-15-19)23-13-5-8-16-6-2-1-3-7-16/h1-4,6-7,9-12,14-15H,5,8,13H2,(H,23,24)(H,25,26). The normalized spacial score (nSPS) is 10.3. The van der Waals surface area contributed by atoms with Gasteiger partial charge in [-0.3, -0.25) is 4.79 Å². The van der Waals surface area contributed by atoms with E-state index in [1.807, 2.05) is 18.2 Å². The lowest BCUT2D eigenvalue weighted by atomic mass is 10.1. The summed E-state index contributed by atoms with van der Waals surface area (Å²) < 4.78 is 0. The van der Waals surface area contributed by atoms with Crippen LogP contribution in [0.4, 0.5) is 11.5 Å². The molecular formula is C21H20ClN3O. The van der Waals surface area contributed by atoms with Crippen molar-refractivity contribution in [2.24, 2.45) is 0 Å². The minimum absolute atomic E-state index is 0.210. The highest BCUT2D eigenvalue weighted by atomic mass is 35.5. The predicted molar refractivity (Wildman–Crippen MR) is 107 cm³/mol. The number of nitrogens with one attached hydrogen (secondary N) is 2. The van der Waals surface area contributed by atoms with Crippen LogP contribution in [0.15, 0.2) is 72.9 Å². The monoisotopic (exact) mass is 365 g/mol. The number of hydrogen-bond acceptors (Lipinski definition) is 3. The number of aromatic nitrogens is 1. The molecule has 2 N–H and O–H groups in total. The number of amides is 1. The van der Waals surface area contributed by atoms with E-state index in [-0.39, 0.29) is 5.91 Å². The van der Waals surface area contributed by atoms with Gasteiger partial charge < -0.3 is 10.6 Å². The van der Waals surface area contributed by atoms with Crippen LogP contribution in [0.25, 0.3) is 0 Å². The predicted octanol–water partition coefficient (Wildman–Crippen LogP) is 5.03. The molecule has 3 aromatic rings. The fraction of sp³-hybridized carbons (Fsp3) is 0.143. The maximum absolute atomic E-state index is 12.2. The maximum atomic E-state index is 12.2. The van der Waals surface area contributed by atoms with Crippen LogP contribution in [-0.2, 0) is 6.42 Å². The van der Waals surface area contributed by atoms with Gasteiger partial charge in [-0.25, -0.2) is 4.98 Å². The lowest BCUT2D eigenvalue weighted by molar-refractivity contribution is 0.102. The summed E-state index contributed by atoms with van der Waals surface area (Å²) >= 11 is 5.91. The molecule has 0 aliphatic rings. The highest BCUT2D eigenvalue weighted by Gasteiger charge is 2.06. The van der Waals surface area contributed by atoms with Crippen molar-refractivity contribution in [2.45, 2.75) is 12.8 Å². The molecule has 0 spiro atoms. The molecule has 0 saturated heterocycles. The molecule has 132 valence electrons. The topological polar surface area (TPSA) is 54.0 Å². The van der Waals surface area contributed by atoms with E-state index >= 15 is 0 Å². The van der Waals surface area contributed by atoms with E-state index in [4.69, 9.17) is 11.6 Å². The summed E-state index contributed by atoms with van der Waals surface area (Å²) in [6.07, 6.45) is 3.70. The van der Waals surface area contributed by atoms with Gasteiger partial charge in [-0.1, -0.05) is 48.0 Å². The molecule has 0 fully saturated rings. The van der Waals surface area contributed by atoms with Crippen LogP contribution in [0, 0.1) is 0 Å². The smallest absolute Gasteiger partial charge is 0.255 e. The minimum atomic E-state index is -0.210. The molecule has 0 radical (unpaired) electrons. The van der Waals surface area contributed by atoms with Gasteiger partial charge in [0, 0.05) is 17.1 Å². The summed E-state index contributed by atoms with van der Waals surface area (Å²) in [4.78, 5) is 16.5. The third-order valence-corrected chi connectivity index (χ3v) is 4.13. The molecule has 0 atom stereocenters. The van der Waals surface area contributed by atoms with Crippen LogP contribution in [0.3, 0.4) is 0 Å². The number of aryl methyl sites for hydroxylation is 1. The largest absolute Gasteiger partial charge is 0.370 e. The Morgan fingerprint density at radius 1 is 1.00 bits per heavy atom. The maximum Gasteiger partial charge on any atom is 0.255 e. The molecule has 0 aliphatic heterocycles. The van der Waals surface area contributed by atoms with Crippen LogP contribution in [0.5, 0.6) is 0 Å². The Labute approximate surface area is 158 Å². The van der Waals surface area contributed by atoms with Gasteiger partial charge in [0.1, 0.15) is 5.82 Å². The quantitative estimate of drug-likeness (QED) is 0.577. The van der Waals surface area contributed by atoms with Crippen molar-refractivity contribution in [3.05, 3.63) is 89.1 Å². The Morgan fingerprint density at radius 3 is 2.58 bits per heavy atom. The summed E-state index contributed by atoms with van der Waals surface area (Å²) in [6, 6.07) is 20.9. The van der Waals surface area contributed by atoms with Crippen molar-refractivity contribution in [2.75, 3.05) is 17.2 Å². The molecular weight excluding hydrogens is 346 g/mol. The van der Waals surface area contributed by atoms with Crippen LogP contribution >= 0.6 is 11.6 Å². The Morgan fingerprint density at radius 2 is 1.85 bits per heavy atom. The SMILES string of the molecule is O=C(Nc1ccc(NCCCc2ccccc2)nc1)c1cccc(Cl)c1. The van der Waals surface area contributed by atoms with Crippen molar-refractivity contribution >= 4 is 29.0 Å². The van der Waals surface area contributed by atoms with Crippen LogP contribution in [-0.4, -0.2) is 17.4 Å². The van der Waals surface area contributed by atoms with E-state index < -0.39 is 0 Å². The van der Waals surface area contributed by atoms with Crippen molar-refractivity contribution in [1.29, 1.82) is 0 Å². The molecule has 5 heteroatoms. The third kappa shape index (κ3) is 5.33. The molecule has 1 amide bonds. The zero-order chi connectivity index (χ0) is 18.2. The molecule has 3 rings (SSSR count). The summed E-state index contributed by atoms with van der Waals surface area (Å²) in [5.41, 5.74) is 2.49. The number of pyridine rings is 1. The van der Waals surface area contributed by atoms with Gasteiger partial charge in [-0.2, -0.15) is 0 Å². The molecule has 0 saturated carbocycles. The third-order valence-electron chi connectivity index (χ3n) is 3.90. The van der Waals surface area contributed by atoms with Gasteiger partial charge in [0.2, 0.25) is 0 Å². The van der Waals surface area contributed by atoms with E-state index in [9.17, 15) is 4.79 Å². The fourth-order valence-electron chi connectivity index (χ4n) is 2.56. The molecule has 2 aromatic carbocycles. The first kappa shape index (κ1) is 18.0. The van der Waals surface area contributed by atoms with Crippen LogP contribution in [0.1, 0.15) is 22.3 Å². The summed E-state index contributed by atoms with van der Waals surface area (Å²) in [5.74, 6) is 0.580. The lowest BCUT2D eigenvalue weighted by Crippen LogP contribution is -2.12. The highest BCUT2D eigenvalue weighted by Crippen LogP contribution is 2.14. The molecule has 26 heavy (non-hydrogen) atoms. The second-order valence-electron chi connectivity index (χ2n) is 5.91. The Hall–Kier alpha value is -2.85. The van der Waals surface area contributed by atoms with Crippen molar-refractivity contribution in [3.8, 4) is 0 Å². The number of carbonyl (C=O) groups excluding carboxylic acids is 1. The van der Waals surface area contributed by atoms with Crippen LogP contribution in [0.2, 0.25) is 5.02 Å². The highest BCUT2D eigenvalue weighted by molar-refractivity contribution is 6.31. The summed E-state index contributed by atoms with van der Waals surface area (Å²) in [5, 5.41) is 6.64. The molecule has 4 nitrogen and oxygen atoms in total. The van der Waals surface area contributed by atoms with Gasteiger partial charge in [-0.15, -0.1) is 0 Å². The van der Waals surface area contributed by atoms with Crippen molar-refractivity contribution in [1.82, 2.24) is 4.98 Å². The van der Waals surface area contributed by atoms with Crippen LogP contribution < -0.4 is 10.6 Å². The summed E-state index contributed by atoms with van der Waals surface area (Å²) in [7, 11) is 0. The van der Waals surface area contributed by atoms with Gasteiger partial charge in [0.15, 0.2) is 0 Å². The Bertz CT molecular complexity index is 851. The molecule has 0 unspecified atom stereocenters. The number of nitrogens with zero attached hydrogens (tertiary/aromatic N) is 1. The number of halogens is 1. The first-order chi connectivity index (χ1) is 12.7. The van der Waals surface area contributed by atoms with E-state index in [2.05, 4.69) is 39.9 Å². The second-order valence-corrected chi connectivity index (χ2v) is 6.35. The van der Waals surface area contributed by atoms with E-state index in [0.29, 0.717) is 16.3 Å². The van der Waals surface area contributed by atoms with Gasteiger partial charge in [0.25, 0.3) is 5.91 Å². The minimum Gasteiger partial charge on any atom is -0.370 e. The molecule has 0 aliphatic carbocycles. The number of rotatable bonds is 7. The molecule has 1 heterocycles. The van der Waals surface area contributed by atoms with E-state index in [1.54, 1.807) is 30.5 Å². The zero-order valence-electron chi connectivity index (χ0n) is 14.3. The molecule has 0 bridgehead atoms. The van der Waals surface area contributed by atoms with Crippen molar-refractivity contribution in [3.63, 3.8) is 0 Å². The first-order valence-electron chi connectivity index (χ1n) is 8.51. The number of benzene rings is 2.